The number of sulfonamides is 1. The minimum atomic E-state index is -3.41. The molecule has 9 heteroatoms. The molecule has 0 saturated carbocycles. The first-order valence-electron chi connectivity index (χ1n) is 9.81. The summed E-state index contributed by atoms with van der Waals surface area (Å²) in [4.78, 5) is 25.3. The van der Waals surface area contributed by atoms with Crippen LogP contribution in [0.15, 0.2) is 24.3 Å². The normalized spacial score (nSPS) is 23.9. The van der Waals surface area contributed by atoms with Crippen LogP contribution in [0.5, 0.6) is 5.75 Å². The van der Waals surface area contributed by atoms with Crippen LogP contribution in [-0.2, 0) is 30.9 Å². The first kappa shape index (κ1) is 21.6. The summed E-state index contributed by atoms with van der Waals surface area (Å²) in [5.41, 5.74) is 0.922. The second kappa shape index (κ2) is 9.13. The molecule has 0 unspecified atom stereocenters. The van der Waals surface area contributed by atoms with Crippen molar-refractivity contribution in [2.75, 3.05) is 33.9 Å². The number of nitrogens with zero attached hydrogens (tertiary/aromatic N) is 2. The number of amides is 1. The first-order valence-corrected chi connectivity index (χ1v) is 11.3. The van der Waals surface area contributed by atoms with Crippen LogP contribution in [0.25, 0.3) is 0 Å². The predicted molar refractivity (Wildman–Crippen MR) is 107 cm³/mol. The number of likely N-dealkylation sites (tertiary alicyclic amines) is 1. The average Bonchev–Trinajstić information content (AvgIpc) is 2.86. The molecule has 29 heavy (non-hydrogen) atoms. The van der Waals surface area contributed by atoms with Gasteiger partial charge in [-0.25, -0.2) is 8.42 Å². The minimum absolute atomic E-state index is 0.0108. The molecule has 2 fully saturated rings. The van der Waals surface area contributed by atoms with E-state index in [-0.39, 0.29) is 24.7 Å². The highest BCUT2D eigenvalue weighted by Crippen LogP contribution is 2.35. The van der Waals surface area contributed by atoms with Crippen molar-refractivity contribution >= 4 is 21.9 Å². The van der Waals surface area contributed by atoms with E-state index in [4.69, 9.17) is 4.74 Å². The molecule has 0 aromatic heterocycles. The van der Waals surface area contributed by atoms with Gasteiger partial charge in [0.25, 0.3) is 0 Å². The van der Waals surface area contributed by atoms with E-state index in [1.54, 1.807) is 16.3 Å². The fraction of sp³-hybridized carbons (Fsp3) is 0.600. The fourth-order valence-electron chi connectivity index (χ4n) is 4.10. The predicted octanol–water partition coefficient (Wildman–Crippen LogP) is 1.40. The van der Waals surface area contributed by atoms with Gasteiger partial charge in [0.15, 0.2) is 0 Å². The lowest BCUT2D eigenvalue weighted by atomic mass is 10.0. The van der Waals surface area contributed by atoms with Crippen molar-refractivity contribution in [2.45, 2.75) is 37.5 Å². The summed E-state index contributed by atoms with van der Waals surface area (Å²) < 4.78 is 37.4. The van der Waals surface area contributed by atoms with Crippen LogP contribution in [0.4, 0.5) is 0 Å². The quantitative estimate of drug-likeness (QED) is 0.641. The molecule has 2 aliphatic heterocycles. The Bertz CT molecular complexity index is 839. The van der Waals surface area contributed by atoms with Gasteiger partial charge in [-0.05, 0) is 36.5 Å². The standard InChI is InChI=1S/C20H28N2O6S/c1-27-17-5-3-15(4-6-17)13-22-14-16-9-11-21(12-10-18(16)29(22,25)26)19(23)7-8-20(24)28-2/h3-6,16,18H,7-14H2,1-2H3/t16-,18-/m0/s1. The Hall–Kier alpha value is -2.13. The number of fused-ring (bicyclic) bond motifs is 1. The highest BCUT2D eigenvalue weighted by Gasteiger charge is 2.47. The Kier molecular flexibility index (Phi) is 6.79. The Balaban J connectivity index is 1.61. The highest BCUT2D eigenvalue weighted by molar-refractivity contribution is 7.90. The third kappa shape index (κ3) is 4.90. The molecule has 1 aromatic rings. The maximum atomic E-state index is 13.1. The maximum absolute atomic E-state index is 13.1. The van der Waals surface area contributed by atoms with E-state index in [2.05, 4.69) is 4.74 Å². The van der Waals surface area contributed by atoms with Gasteiger partial charge in [-0.15, -0.1) is 0 Å². The Morgan fingerprint density at radius 3 is 2.41 bits per heavy atom. The average molecular weight is 425 g/mol. The fourth-order valence-corrected chi connectivity index (χ4v) is 6.33. The van der Waals surface area contributed by atoms with Crippen LogP contribution in [0.1, 0.15) is 31.2 Å². The molecular weight excluding hydrogens is 396 g/mol. The Morgan fingerprint density at radius 1 is 1.07 bits per heavy atom. The van der Waals surface area contributed by atoms with Crippen LogP contribution >= 0.6 is 0 Å². The summed E-state index contributed by atoms with van der Waals surface area (Å²) in [6, 6.07) is 7.41. The lowest BCUT2D eigenvalue weighted by Gasteiger charge is -2.22. The second-order valence-corrected chi connectivity index (χ2v) is 9.67. The second-order valence-electron chi connectivity index (χ2n) is 7.52. The molecule has 8 nitrogen and oxygen atoms in total. The molecule has 0 N–H and O–H groups in total. The van der Waals surface area contributed by atoms with Crippen molar-refractivity contribution in [1.29, 1.82) is 0 Å². The number of rotatable bonds is 6. The Labute approximate surface area is 171 Å². The Morgan fingerprint density at radius 2 is 1.76 bits per heavy atom. The molecule has 2 atom stereocenters. The van der Waals surface area contributed by atoms with Gasteiger partial charge < -0.3 is 14.4 Å². The van der Waals surface area contributed by atoms with Crippen molar-refractivity contribution in [2.24, 2.45) is 5.92 Å². The van der Waals surface area contributed by atoms with Gasteiger partial charge in [-0.1, -0.05) is 12.1 Å². The number of ether oxygens (including phenoxy) is 2. The van der Waals surface area contributed by atoms with Gasteiger partial charge in [0, 0.05) is 32.6 Å². The summed E-state index contributed by atoms with van der Waals surface area (Å²) in [5.74, 6) is 0.210. The van der Waals surface area contributed by atoms with Gasteiger partial charge in [-0.3, -0.25) is 9.59 Å². The number of hydrogen-bond donors (Lipinski definition) is 0. The summed E-state index contributed by atoms with van der Waals surface area (Å²) in [6.45, 7) is 1.74. The maximum Gasteiger partial charge on any atom is 0.306 e. The van der Waals surface area contributed by atoms with Crippen molar-refractivity contribution < 1.29 is 27.5 Å². The zero-order chi connectivity index (χ0) is 21.0. The molecule has 2 heterocycles. The number of hydrogen-bond acceptors (Lipinski definition) is 6. The monoisotopic (exact) mass is 424 g/mol. The van der Waals surface area contributed by atoms with Crippen LogP contribution in [-0.4, -0.2) is 68.6 Å². The molecule has 1 aromatic carbocycles. The zero-order valence-electron chi connectivity index (χ0n) is 16.9. The van der Waals surface area contributed by atoms with Crippen LogP contribution < -0.4 is 4.74 Å². The molecule has 0 bridgehead atoms. The molecule has 160 valence electrons. The third-order valence-corrected chi connectivity index (χ3v) is 8.18. The van der Waals surface area contributed by atoms with E-state index in [1.807, 2.05) is 24.3 Å². The van der Waals surface area contributed by atoms with Crippen molar-refractivity contribution in [1.82, 2.24) is 9.21 Å². The highest BCUT2D eigenvalue weighted by atomic mass is 32.2. The smallest absolute Gasteiger partial charge is 0.306 e. The molecule has 3 rings (SSSR count). The van der Waals surface area contributed by atoms with Crippen LogP contribution in [0.3, 0.4) is 0 Å². The van der Waals surface area contributed by atoms with E-state index >= 15 is 0 Å². The van der Waals surface area contributed by atoms with Crippen LogP contribution in [0.2, 0.25) is 0 Å². The molecule has 2 aliphatic rings. The van der Waals surface area contributed by atoms with E-state index in [1.165, 1.54) is 7.11 Å². The zero-order valence-corrected chi connectivity index (χ0v) is 17.7. The topological polar surface area (TPSA) is 93.2 Å². The van der Waals surface area contributed by atoms with E-state index in [0.717, 1.165) is 11.3 Å². The molecule has 0 spiro atoms. The summed E-state index contributed by atoms with van der Waals surface area (Å²) in [6.07, 6.45) is 1.22. The van der Waals surface area contributed by atoms with Gasteiger partial charge in [-0.2, -0.15) is 4.31 Å². The van der Waals surface area contributed by atoms with Crippen LogP contribution in [0, 0.1) is 5.92 Å². The van der Waals surface area contributed by atoms with Gasteiger partial charge in [0.05, 0.1) is 25.9 Å². The molecule has 2 saturated heterocycles. The summed E-state index contributed by atoms with van der Waals surface area (Å²) >= 11 is 0. The third-order valence-electron chi connectivity index (χ3n) is 5.80. The van der Waals surface area contributed by atoms with Crippen molar-refractivity contribution in [3.63, 3.8) is 0 Å². The lowest BCUT2D eigenvalue weighted by molar-refractivity contribution is -0.143. The van der Waals surface area contributed by atoms with Gasteiger partial charge in [0.2, 0.25) is 15.9 Å². The van der Waals surface area contributed by atoms with E-state index in [9.17, 15) is 18.0 Å². The molecule has 0 aliphatic carbocycles. The summed E-state index contributed by atoms with van der Waals surface area (Å²) in [7, 11) is -0.526. The minimum Gasteiger partial charge on any atom is -0.497 e. The number of esters is 1. The van der Waals surface area contributed by atoms with E-state index < -0.39 is 21.2 Å². The summed E-state index contributed by atoms with van der Waals surface area (Å²) in [5, 5.41) is -0.459. The molecular formula is C20H28N2O6S. The van der Waals surface area contributed by atoms with Gasteiger partial charge in [0.1, 0.15) is 5.75 Å². The lowest BCUT2D eigenvalue weighted by Crippen LogP contribution is -2.34. The van der Waals surface area contributed by atoms with Crippen molar-refractivity contribution in [3.05, 3.63) is 29.8 Å². The SMILES string of the molecule is COC(=O)CCC(=O)N1CC[C@H]2CN(Cc3ccc(OC)cc3)S(=O)(=O)[C@H]2CC1. The van der Waals surface area contributed by atoms with E-state index in [0.29, 0.717) is 39.0 Å². The van der Waals surface area contributed by atoms with Gasteiger partial charge >= 0.3 is 5.97 Å². The molecule has 1 amide bonds. The number of carbonyl (C=O) groups is 2. The number of methoxy groups -OCH3 is 2. The van der Waals surface area contributed by atoms with Crippen molar-refractivity contribution in [3.8, 4) is 5.75 Å². The molecule has 0 radical (unpaired) electrons. The number of carbonyl (C=O) groups excluding carboxylic acids is 2. The number of benzene rings is 1. The largest absolute Gasteiger partial charge is 0.497 e. The first-order chi connectivity index (χ1) is 13.8.